The van der Waals surface area contributed by atoms with E-state index in [2.05, 4.69) is 21.5 Å². The monoisotopic (exact) mass is 216 g/mol. The zero-order valence-corrected chi connectivity index (χ0v) is 9.21. The van der Waals surface area contributed by atoms with Crippen molar-refractivity contribution >= 4 is 0 Å². The molecular weight excluding hydrogens is 200 g/mol. The lowest BCUT2D eigenvalue weighted by Gasteiger charge is -2.04. The van der Waals surface area contributed by atoms with Crippen LogP contribution < -0.4 is 5.32 Å². The van der Waals surface area contributed by atoms with Gasteiger partial charge in [0.25, 0.3) is 0 Å². The van der Waals surface area contributed by atoms with E-state index in [9.17, 15) is 0 Å². The van der Waals surface area contributed by atoms with Crippen LogP contribution in [-0.2, 0) is 13.0 Å². The third kappa shape index (κ3) is 3.47. The average Bonchev–Trinajstić information content (AvgIpc) is 2.83. The highest BCUT2D eigenvalue weighted by Gasteiger charge is 1.93. The number of nitrogens with zero attached hydrogens (tertiary/aromatic N) is 3. The number of rotatable bonds is 6. The van der Waals surface area contributed by atoms with Crippen LogP contribution in [0.4, 0.5) is 0 Å². The summed E-state index contributed by atoms with van der Waals surface area (Å²) in [6.07, 6.45) is 6.58. The van der Waals surface area contributed by atoms with E-state index in [1.165, 1.54) is 0 Å². The highest BCUT2D eigenvalue weighted by atomic mass is 15.3. The van der Waals surface area contributed by atoms with Gasteiger partial charge in [0.1, 0.15) is 0 Å². The third-order valence-corrected chi connectivity index (χ3v) is 2.36. The Balaban J connectivity index is 1.59. The molecule has 0 saturated carbocycles. The fraction of sp³-hybridized carbons (Fsp3) is 0.333. The summed E-state index contributed by atoms with van der Waals surface area (Å²) in [5, 5.41) is 7.51. The number of nitrogens with one attached hydrogen (secondary N) is 1. The Morgan fingerprint density at radius 3 is 2.88 bits per heavy atom. The Morgan fingerprint density at radius 1 is 1.12 bits per heavy atom. The lowest BCUT2D eigenvalue weighted by atomic mass is 10.3. The lowest BCUT2D eigenvalue weighted by molar-refractivity contribution is 0.555. The van der Waals surface area contributed by atoms with Gasteiger partial charge in [-0.15, -0.1) is 0 Å². The summed E-state index contributed by atoms with van der Waals surface area (Å²) < 4.78 is 1.92. The molecule has 2 aromatic rings. The molecule has 4 heteroatoms. The normalized spacial score (nSPS) is 10.5. The van der Waals surface area contributed by atoms with Crippen LogP contribution in [0.1, 0.15) is 5.69 Å². The maximum absolute atomic E-state index is 4.27. The summed E-state index contributed by atoms with van der Waals surface area (Å²) in [5.74, 6) is 0. The van der Waals surface area contributed by atoms with E-state index in [0.29, 0.717) is 0 Å². The van der Waals surface area contributed by atoms with Gasteiger partial charge in [0.15, 0.2) is 0 Å². The topological polar surface area (TPSA) is 42.7 Å². The van der Waals surface area contributed by atoms with Gasteiger partial charge < -0.3 is 5.32 Å². The molecule has 1 N–H and O–H groups in total. The van der Waals surface area contributed by atoms with Gasteiger partial charge in [-0.1, -0.05) is 6.07 Å². The molecule has 0 bridgehead atoms. The Bertz CT molecular complexity index is 383. The van der Waals surface area contributed by atoms with E-state index < -0.39 is 0 Å². The van der Waals surface area contributed by atoms with Crippen molar-refractivity contribution in [2.75, 3.05) is 13.1 Å². The van der Waals surface area contributed by atoms with Gasteiger partial charge in [0.05, 0.1) is 6.54 Å². The zero-order chi connectivity index (χ0) is 11.1. The van der Waals surface area contributed by atoms with Gasteiger partial charge in [-0.05, 0) is 18.2 Å². The Labute approximate surface area is 95.3 Å². The van der Waals surface area contributed by atoms with Crippen LogP contribution in [0.5, 0.6) is 0 Å². The average molecular weight is 216 g/mol. The summed E-state index contributed by atoms with van der Waals surface area (Å²) in [4.78, 5) is 4.27. The minimum Gasteiger partial charge on any atom is -0.315 e. The first-order valence-corrected chi connectivity index (χ1v) is 5.53. The van der Waals surface area contributed by atoms with Crippen LogP contribution in [0.15, 0.2) is 42.9 Å². The molecule has 16 heavy (non-hydrogen) atoms. The molecule has 0 radical (unpaired) electrons. The highest BCUT2D eigenvalue weighted by Crippen LogP contribution is 1.92. The van der Waals surface area contributed by atoms with Crippen LogP contribution >= 0.6 is 0 Å². The molecule has 0 unspecified atom stereocenters. The molecule has 0 fully saturated rings. The number of aromatic nitrogens is 3. The summed E-state index contributed by atoms with van der Waals surface area (Å²) >= 11 is 0. The molecule has 84 valence electrons. The van der Waals surface area contributed by atoms with Gasteiger partial charge in [0.2, 0.25) is 0 Å². The lowest BCUT2D eigenvalue weighted by Crippen LogP contribution is -2.22. The van der Waals surface area contributed by atoms with Crippen molar-refractivity contribution in [2.24, 2.45) is 0 Å². The van der Waals surface area contributed by atoms with Gasteiger partial charge in [-0.25, -0.2) is 0 Å². The molecule has 2 rings (SSSR count). The van der Waals surface area contributed by atoms with E-state index in [1.807, 2.05) is 35.3 Å². The Hall–Kier alpha value is -1.68. The van der Waals surface area contributed by atoms with Gasteiger partial charge >= 0.3 is 0 Å². The van der Waals surface area contributed by atoms with E-state index >= 15 is 0 Å². The third-order valence-electron chi connectivity index (χ3n) is 2.36. The number of hydrogen-bond donors (Lipinski definition) is 1. The second kappa shape index (κ2) is 6.02. The quantitative estimate of drug-likeness (QED) is 0.736. The molecule has 0 atom stereocenters. The van der Waals surface area contributed by atoms with Crippen molar-refractivity contribution in [3.63, 3.8) is 0 Å². The summed E-state index contributed by atoms with van der Waals surface area (Å²) in [6, 6.07) is 7.95. The second-order valence-corrected chi connectivity index (χ2v) is 3.59. The Kier molecular flexibility index (Phi) is 4.08. The molecule has 0 spiro atoms. The van der Waals surface area contributed by atoms with Crippen molar-refractivity contribution in [3.8, 4) is 0 Å². The molecule has 0 aliphatic rings. The van der Waals surface area contributed by atoms with Crippen molar-refractivity contribution < 1.29 is 0 Å². The van der Waals surface area contributed by atoms with Crippen molar-refractivity contribution in [2.45, 2.75) is 13.0 Å². The maximum Gasteiger partial charge on any atom is 0.0533 e. The van der Waals surface area contributed by atoms with Gasteiger partial charge in [-0.3, -0.25) is 9.67 Å². The molecule has 0 amide bonds. The van der Waals surface area contributed by atoms with Crippen LogP contribution in [0, 0.1) is 0 Å². The molecular formula is C12H16N4. The van der Waals surface area contributed by atoms with Crippen molar-refractivity contribution in [1.29, 1.82) is 0 Å². The van der Waals surface area contributed by atoms with Crippen LogP contribution in [-0.4, -0.2) is 27.9 Å². The fourth-order valence-corrected chi connectivity index (χ4v) is 1.51. The molecule has 0 aliphatic carbocycles. The van der Waals surface area contributed by atoms with Crippen molar-refractivity contribution in [1.82, 2.24) is 20.1 Å². The molecule has 0 aliphatic heterocycles. The minimum absolute atomic E-state index is 0.912. The van der Waals surface area contributed by atoms with Crippen LogP contribution in [0.25, 0.3) is 0 Å². The van der Waals surface area contributed by atoms with E-state index in [-0.39, 0.29) is 0 Å². The predicted molar refractivity (Wildman–Crippen MR) is 63.0 cm³/mol. The number of pyridine rings is 1. The maximum atomic E-state index is 4.27. The standard InChI is InChI=1S/C12H16N4/c1-2-6-14-12(4-1)5-8-13-9-11-16-10-3-7-15-16/h1-4,6-7,10,13H,5,8-9,11H2. The smallest absolute Gasteiger partial charge is 0.0533 e. The van der Waals surface area contributed by atoms with Crippen molar-refractivity contribution in [3.05, 3.63) is 48.5 Å². The van der Waals surface area contributed by atoms with Gasteiger partial charge in [0, 0.05) is 43.8 Å². The highest BCUT2D eigenvalue weighted by molar-refractivity contribution is 5.03. The van der Waals surface area contributed by atoms with E-state index in [0.717, 1.165) is 31.7 Å². The molecule has 2 heterocycles. The molecule has 4 nitrogen and oxygen atoms in total. The largest absolute Gasteiger partial charge is 0.315 e. The second-order valence-electron chi connectivity index (χ2n) is 3.59. The number of hydrogen-bond acceptors (Lipinski definition) is 3. The Morgan fingerprint density at radius 2 is 2.12 bits per heavy atom. The molecule has 0 aromatic carbocycles. The van der Waals surface area contributed by atoms with Crippen LogP contribution in [0.3, 0.4) is 0 Å². The van der Waals surface area contributed by atoms with E-state index in [4.69, 9.17) is 0 Å². The molecule has 0 saturated heterocycles. The molecule has 2 aromatic heterocycles. The first-order valence-electron chi connectivity index (χ1n) is 5.53. The predicted octanol–water partition coefficient (Wildman–Crippen LogP) is 1.11. The van der Waals surface area contributed by atoms with Crippen LogP contribution in [0.2, 0.25) is 0 Å². The first kappa shape index (κ1) is 10.8. The summed E-state index contributed by atoms with van der Waals surface area (Å²) in [5.41, 5.74) is 1.13. The van der Waals surface area contributed by atoms with Gasteiger partial charge in [-0.2, -0.15) is 5.10 Å². The SMILES string of the molecule is c1ccc(CCNCCn2cccn2)nc1. The zero-order valence-electron chi connectivity index (χ0n) is 9.21. The fourth-order valence-electron chi connectivity index (χ4n) is 1.51. The summed E-state index contributed by atoms with van der Waals surface area (Å²) in [7, 11) is 0. The summed E-state index contributed by atoms with van der Waals surface area (Å²) in [6.45, 7) is 2.81. The first-order chi connectivity index (χ1) is 7.95. The minimum atomic E-state index is 0.912. The van der Waals surface area contributed by atoms with E-state index in [1.54, 1.807) is 6.20 Å².